The molecule has 0 amide bonds. The first-order valence-corrected chi connectivity index (χ1v) is 5.77. The highest BCUT2D eigenvalue weighted by molar-refractivity contribution is 7.12. The maximum atomic E-state index is 5.79. The fraction of sp³-hybridized carbons (Fsp3) is 0.0769. The Hall–Kier alpha value is -1.23. The molecule has 0 nitrogen and oxygen atoms in total. The van der Waals surface area contributed by atoms with Crippen LogP contribution in [0.5, 0.6) is 0 Å². The standard InChI is InChI=1S/C13H9ClS/c1-10-2-8-13(15-10)9-5-11-3-6-12(14)7-4-11/h2-4,6-8H,1H3. The van der Waals surface area contributed by atoms with E-state index >= 15 is 0 Å². The van der Waals surface area contributed by atoms with E-state index in [1.807, 2.05) is 30.3 Å². The maximum absolute atomic E-state index is 5.79. The number of hydrogen-bond acceptors (Lipinski definition) is 1. The van der Waals surface area contributed by atoms with E-state index in [4.69, 9.17) is 11.6 Å². The van der Waals surface area contributed by atoms with Crippen LogP contribution >= 0.6 is 22.9 Å². The van der Waals surface area contributed by atoms with Crippen molar-refractivity contribution in [2.75, 3.05) is 0 Å². The second-order valence-electron chi connectivity index (χ2n) is 3.17. The van der Waals surface area contributed by atoms with Gasteiger partial charge in [-0.1, -0.05) is 23.4 Å². The number of benzene rings is 1. The SMILES string of the molecule is Cc1ccc(C#Cc2ccc(Cl)cc2)s1. The summed E-state index contributed by atoms with van der Waals surface area (Å²) in [5, 5.41) is 0.743. The van der Waals surface area contributed by atoms with E-state index < -0.39 is 0 Å². The van der Waals surface area contributed by atoms with Crippen LogP contribution in [0.15, 0.2) is 36.4 Å². The van der Waals surface area contributed by atoms with Gasteiger partial charge in [-0.15, -0.1) is 11.3 Å². The Morgan fingerprint density at radius 1 is 1.00 bits per heavy atom. The van der Waals surface area contributed by atoms with Gasteiger partial charge in [-0.3, -0.25) is 0 Å². The molecule has 0 fully saturated rings. The second kappa shape index (κ2) is 4.53. The zero-order valence-corrected chi connectivity index (χ0v) is 9.82. The van der Waals surface area contributed by atoms with E-state index in [0.717, 1.165) is 15.5 Å². The maximum Gasteiger partial charge on any atom is 0.0775 e. The van der Waals surface area contributed by atoms with Gasteiger partial charge in [0.05, 0.1) is 4.88 Å². The minimum Gasteiger partial charge on any atom is -0.132 e. The second-order valence-corrected chi connectivity index (χ2v) is 4.89. The average Bonchev–Trinajstić information content (AvgIpc) is 2.64. The molecule has 0 saturated carbocycles. The molecule has 2 heteroatoms. The third-order valence-corrected chi connectivity index (χ3v) is 3.08. The average molecular weight is 233 g/mol. The van der Waals surface area contributed by atoms with Gasteiger partial charge in [-0.2, -0.15) is 0 Å². The fourth-order valence-corrected chi connectivity index (χ4v) is 2.02. The van der Waals surface area contributed by atoms with Crippen LogP contribution in [0.3, 0.4) is 0 Å². The molecule has 2 rings (SSSR count). The molecular weight excluding hydrogens is 224 g/mol. The highest BCUT2D eigenvalue weighted by Crippen LogP contribution is 2.14. The van der Waals surface area contributed by atoms with Crippen LogP contribution in [0.2, 0.25) is 5.02 Å². The first-order chi connectivity index (χ1) is 7.24. The third kappa shape index (κ3) is 2.86. The van der Waals surface area contributed by atoms with E-state index in [9.17, 15) is 0 Å². The predicted molar refractivity (Wildman–Crippen MR) is 66.5 cm³/mol. The summed E-state index contributed by atoms with van der Waals surface area (Å²) >= 11 is 7.50. The van der Waals surface area contributed by atoms with Gasteiger partial charge in [0.25, 0.3) is 0 Å². The van der Waals surface area contributed by atoms with Gasteiger partial charge < -0.3 is 0 Å². The van der Waals surface area contributed by atoms with Crippen molar-refractivity contribution in [2.24, 2.45) is 0 Å². The summed E-state index contributed by atoms with van der Waals surface area (Å²) in [5.41, 5.74) is 0.991. The van der Waals surface area contributed by atoms with E-state index in [2.05, 4.69) is 24.8 Å². The molecule has 0 saturated heterocycles. The Bertz CT molecular complexity index is 511. The molecule has 1 aromatic carbocycles. The normalized spacial score (nSPS) is 9.47. The summed E-state index contributed by atoms with van der Waals surface area (Å²) in [6, 6.07) is 11.7. The molecule has 1 aromatic heterocycles. The number of thiophene rings is 1. The monoisotopic (exact) mass is 232 g/mol. The topological polar surface area (TPSA) is 0 Å². The van der Waals surface area contributed by atoms with Crippen LogP contribution in [-0.2, 0) is 0 Å². The highest BCUT2D eigenvalue weighted by Gasteiger charge is 1.91. The van der Waals surface area contributed by atoms with Crippen LogP contribution in [0.4, 0.5) is 0 Å². The van der Waals surface area contributed by atoms with E-state index in [0.29, 0.717) is 0 Å². The molecule has 1 heterocycles. The largest absolute Gasteiger partial charge is 0.132 e. The van der Waals surface area contributed by atoms with Gasteiger partial charge in [0, 0.05) is 15.5 Å². The first-order valence-electron chi connectivity index (χ1n) is 4.58. The summed E-state index contributed by atoms with van der Waals surface area (Å²) in [5.74, 6) is 6.23. The molecule has 0 radical (unpaired) electrons. The number of hydrogen-bond donors (Lipinski definition) is 0. The fourth-order valence-electron chi connectivity index (χ4n) is 1.17. The summed E-state index contributed by atoms with van der Waals surface area (Å²) in [6.45, 7) is 2.08. The third-order valence-electron chi connectivity index (χ3n) is 1.91. The van der Waals surface area contributed by atoms with Crippen molar-refractivity contribution in [3.8, 4) is 11.8 Å². The Labute approximate surface area is 98.5 Å². The van der Waals surface area contributed by atoms with Crippen molar-refractivity contribution in [2.45, 2.75) is 6.92 Å². The lowest BCUT2D eigenvalue weighted by Crippen LogP contribution is -1.72. The first kappa shape index (κ1) is 10.3. The Morgan fingerprint density at radius 3 is 2.33 bits per heavy atom. The lowest BCUT2D eigenvalue weighted by Gasteiger charge is -1.89. The smallest absolute Gasteiger partial charge is 0.0775 e. The van der Waals surface area contributed by atoms with Gasteiger partial charge in [0.1, 0.15) is 0 Å². The lowest BCUT2D eigenvalue weighted by atomic mass is 10.2. The number of halogens is 1. The summed E-state index contributed by atoms with van der Waals surface area (Å²) in [7, 11) is 0. The van der Waals surface area contributed by atoms with Crippen LogP contribution < -0.4 is 0 Å². The molecular formula is C13H9ClS. The van der Waals surface area contributed by atoms with Gasteiger partial charge in [-0.05, 0) is 43.3 Å². The molecule has 0 bridgehead atoms. The number of rotatable bonds is 0. The van der Waals surface area contributed by atoms with Crippen molar-refractivity contribution in [3.63, 3.8) is 0 Å². The molecule has 0 aliphatic rings. The molecule has 2 aromatic rings. The molecule has 0 aliphatic heterocycles. The number of aryl methyl sites for hydroxylation is 1. The molecule has 0 atom stereocenters. The zero-order chi connectivity index (χ0) is 10.7. The minimum absolute atomic E-state index is 0.743. The Balaban J connectivity index is 2.22. The van der Waals surface area contributed by atoms with Gasteiger partial charge in [-0.25, -0.2) is 0 Å². The molecule has 0 unspecified atom stereocenters. The van der Waals surface area contributed by atoms with Gasteiger partial charge in [0.2, 0.25) is 0 Å². The van der Waals surface area contributed by atoms with Crippen molar-refractivity contribution in [1.82, 2.24) is 0 Å². The van der Waals surface area contributed by atoms with Crippen molar-refractivity contribution >= 4 is 22.9 Å². The van der Waals surface area contributed by atoms with Crippen molar-refractivity contribution < 1.29 is 0 Å². The van der Waals surface area contributed by atoms with Gasteiger partial charge in [0.15, 0.2) is 0 Å². The summed E-state index contributed by atoms with van der Waals surface area (Å²) in [4.78, 5) is 2.39. The quantitative estimate of drug-likeness (QED) is 0.600. The molecule has 74 valence electrons. The van der Waals surface area contributed by atoms with E-state index in [1.165, 1.54) is 4.88 Å². The lowest BCUT2D eigenvalue weighted by molar-refractivity contribution is 1.64. The molecule has 0 N–H and O–H groups in total. The minimum atomic E-state index is 0.743. The van der Waals surface area contributed by atoms with Crippen LogP contribution in [0.25, 0.3) is 0 Å². The zero-order valence-electron chi connectivity index (χ0n) is 8.25. The molecule has 0 aliphatic carbocycles. The Morgan fingerprint density at radius 2 is 1.73 bits per heavy atom. The van der Waals surface area contributed by atoms with Crippen LogP contribution in [0.1, 0.15) is 15.3 Å². The molecule has 0 spiro atoms. The van der Waals surface area contributed by atoms with E-state index in [1.54, 1.807) is 11.3 Å². The predicted octanol–water partition coefficient (Wildman–Crippen LogP) is 4.11. The molecule has 15 heavy (non-hydrogen) atoms. The van der Waals surface area contributed by atoms with Crippen molar-refractivity contribution in [3.05, 3.63) is 56.7 Å². The van der Waals surface area contributed by atoms with E-state index in [-0.39, 0.29) is 0 Å². The summed E-state index contributed by atoms with van der Waals surface area (Å²) < 4.78 is 0. The highest BCUT2D eigenvalue weighted by atomic mass is 35.5. The summed E-state index contributed by atoms with van der Waals surface area (Å²) in [6.07, 6.45) is 0. The van der Waals surface area contributed by atoms with Crippen molar-refractivity contribution in [1.29, 1.82) is 0 Å². The van der Waals surface area contributed by atoms with Crippen LogP contribution in [-0.4, -0.2) is 0 Å². The van der Waals surface area contributed by atoms with Crippen LogP contribution in [0, 0.1) is 18.8 Å². The Kier molecular flexibility index (Phi) is 3.11. The van der Waals surface area contributed by atoms with Gasteiger partial charge >= 0.3 is 0 Å².